The number of amides is 2. The van der Waals surface area contributed by atoms with Gasteiger partial charge in [0.1, 0.15) is 6.04 Å². The van der Waals surface area contributed by atoms with Crippen LogP contribution in [0.25, 0.3) is 0 Å². The van der Waals surface area contributed by atoms with Crippen LogP contribution in [0.4, 0.5) is 0 Å². The summed E-state index contributed by atoms with van der Waals surface area (Å²) in [6.45, 7) is 11.2. The zero-order chi connectivity index (χ0) is 19.8. The Bertz CT molecular complexity index is 595. The van der Waals surface area contributed by atoms with Crippen LogP contribution in [0.15, 0.2) is 30.3 Å². The first-order valence-electron chi connectivity index (χ1n) is 10.2. The van der Waals surface area contributed by atoms with Crippen molar-refractivity contribution in [3.63, 3.8) is 0 Å². The predicted molar refractivity (Wildman–Crippen MR) is 109 cm³/mol. The van der Waals surface area contributed by atoms with E-state index in [9.17, 15) is 9.59 Å². The first-order valence-corrected chi connectivity index (χ1v) is 10.2. The molecule has 0 saturated carbocycles. The van der Waals surface area contributed by atoms with Crippen LogP contribution < -0.4 is 10.6 Å². The number of nitrogens with zero attached hydrogens (tertiary/aromatic N) is 1. The third-order valence-electron chi connectivity index (χ3n) is 5.31. The second-order valence-electron chi connectivity index (χ2n) is 8.32. The SMILES string of the molecule is CC(C)CC(=O)NC(C(=O)NCC(C)N1CCC(C)CC1)c1ccccc1. The lowest BCUT2D eigenvalue weighted by Crippen LogP contribution is -2.48. The molecule has 1 saturated heterocycles. The molecule has 0 aliphatic carbocycles. The molecule has 1 aromatic rings. The maximum Gasteiger partial charge on any atom is 0.247 e. The third-order valence-corrected chi connectivity index (χ3v) is 5.31. The Balaban J connectivity index is 1.95. The number of hydrogen-bond donors (Lipinski definition) is 2. The smallest absolute Gasteiger partial charge is 0.247 e. The molecular weight excluding hydrogens is 338 g/mol. The zero-order valence-electron chi connectivity index (χ0n) is 17.2. The van der Waals surface area contributed by atoms with Crippen LogP contribution in [0.2, 0.25) is 0 Å². The lowest BCUT2D eigenvalue weighted by Gasteiger charge is -2.35. The summed E-state index contributed by atoms with van der Waals surface area (Å²) >= 11 is 0. The van der Waals surface area contributed by atoms with Crippen LogP contribution >= 0.6 is 0 Å². The van der Waals surface area contributed by atoms with Gasteiger partial charge in [-0.1, -0.05) is 51.1 Å². The van der Waals surface area contributed by atoms with Crippen molar-refractivity contribution in [1.29, 1.82) is 0 Å². The van der Waals surface area contributed by atoms with E-state index < -0.39 is 6.04 Å². The topological polar surface area (TPSA) is 61.4 Å². The van der Waals surface area contributed by atoms with Gasteiger partial charge in [0.15, 0.2) is 0 Å². The molecule has 1 aromatic carbocycles. The van der Waals surface area contributed by atoms with Crippen molar-refractivity contribution in [2.45, 2.75) is 59.0 Å². The Morgan fingerprint density at radius 2 is 1.74 bits per heavy atom. The average molecular weight is 374 g/mol. The lowest BCUT2D eigenvalue weighted by molar-refractivity contribution is -0.129. The van der Waals surface area contributed by atoms with Crippen molar-refractivity contribution < 1.29 is 9.59 Å². The minimum absolute atomic E-state index is 0.0907. The van der Waals surface area contributed by atoms with Gasteiger partial charge >= 0.3 is 0 Å². The first-order chi connectivity index (χ1) is 12.9. The van der Waals surface area contributed by atoms with Crippen molar-refractivity contribution in [2.24, 2.45) is 11.8 Å². The van der Waals surface area contributed by atoms with Gasteiger partial charge in [0.25, 0.3) is 0 Å². The van der Waals surface area contributed by atoms with Gasteiger partial charge in [-0.15, -0.1) is 0 Å². The Morgan fingerprint density at radius 3 is 2.33 bits per heavy atom. The van der Waals surface area contributed by atoms with Crippen LogP contribution in [0.1, 0.15) is 58.6 Å². The van der Waals surface area contributed by atoms with Gasteiger partial charge in [0.2, 0.25) is 11.8 Å². The Labute approximate surface area is 163 Å². The monoisotopic (exact) mass is 373 g/mol. The molecule has 1 aliphatic rings. The maximum absolute atomic E-state index is 12.9. The number of nitrogens with one attached hydrogen (secondary N) is 2. The second kappa shape index (κ2) is 10.5. The quantitative estimate of drug-likeness (QED) is 0.736. The molecule has 0 spiro atoms. The summed E-state index contributed by atoms with van der Waals surface area (Å²) < 4.78 is 0. The number of benzene rings is 1. The largest absolute Gasteiger partial charge is 0.352 e. The highest BCUT2D eigenvalue weighted by Gasteiger charge is 2.25. The Morgan fingerprint density at radius 1 is 1.11 bits per heavy atom. The van der Waals surface area contributed by atoms with E-state index in [1.807, 2.05) is 44.2 Å². The molecule has 2 amide bonds. The number of piperidine rings is 1. The predicted octanol–water partition coefficient (Wildman–Crippen LogP) is 3.13. The van der Waals surface area contributed by atoms with E-state index in [0.717, 1.165) is 24.6 Å². The van der Waals surface area contributed by atoms with E-state index >= 15 is 0 Å². The van der Waals surface area contributed by atoms with Gasteiger partial charge in [-0.25, -0.2) is 0 Å². The molecule has 0 aromatic heterocycles. The minimum Gasteiger partial charge on any atom is -0.352 e. The van der Waals surface area contributed by atoms with Crippen LogP contribution in [0.3, 0.4) is 0 Å². The zero-order valence-corrected chi connectivity index (χ0v) is 17.2. The molecule has 2 N–H and O–H groups in total. The summed E-state index contributed by atoms with van der Waals surface area (Å²) in [7, 11) is 0. The van der Waals surface area contributed by atoms with Crippen LogP contribution in [-0.2, 0) is 9.59 Å². The van der Waals surface area contributed by atoms with Crippen LogP contribution in [0, 0.1) is 11.8 Å². The van der Waals surface area contributed by atoms with Crippen molar-refractivity contribution >= 4 is 11.8 Å². The molecular formula is C22H35N3O2. The fraction of sp³-hybridized carbons (Fsp3) is 0.636. The summed E-state index contributed by atoms with van der Waals surface area (Å²) in [5.74, 6) is 0.815. The van der Waals surface area contributed by atoms with Crippen molar-refractivity contribution in [1.82, 2.24) is 15.5 Å². The van der Waals surface area contributed by atoms with Crippen molar-refractivity contribution in [2.75, 3.05) is 19.6 Å². The highest BCUT2D eigenvalue weighted by Crippen LogP contribution is 2.18. The number of likely N-dealkylation sites (tertiary alicyclic amines) is 1. The number of hydrogen-bond acceptors (Lipinski definition) is 3. The molecule has 2 atom stereocenters. The number of rotatable bonds is 8. The van der Waals surface area contributed by atoms with Gasteiger partial charge in [-0.05, 0) is 50.3 Å². The molecule has 1 fully saturated rings. The molecule has 5 heteroatoms. The van der Waals surface area contributed by atoms with E-state index in [0.29, 0.717) is 19.0 Å². The number of carbonyl (C=O) groups is 2. The summed E-state index contributed by atoms with van der Waals surface area (Å²) in [6, 6.07) is 9.11. The molecule has 150 valence electrons. The lowest BCUT2D eigenvalue weighted by atomic mass is 9.98. The van der Waals surface area contributed by atoms with Gasteiger partial charge < -0.3 is 10.6 Å². The molecule has 27 heavy (non-hydrogen) atoms. The molecule has 2 rings (SSSR count). The fourth-order valence-corrected chi connectivity index (χ4v) is 3.49. The molecule has 1 heterocycles. The Kier molecular flexibility index (Phi) is 8.29. The first kappa shape index (κ1) is 21.4. The number of carbonyl (C=O) groups excluding carboxylic acids is 2. The molecule has 1 aliphatic heterocycles. The standard InChI is InChI=1S/C22H35N3O2/c1-16(2)14-20(26)24-21(19-8-6-5-7-9-19)22(27)23-15-18(4)25-12-10-17(3)11-13-25/h5-9,16-18,21H,10-15H2,1-4H3,(H,23,27)(H,24,26). The minimum atomic E-state index is -0.647. The summed E-state index contributed by atoms with van der Waals surface area (Å²) in [5.41, 5.74) is 0.812. The van der Waals surface area contributed by atoms with E-state index in [4.69, 9.17) is 0 Å². The van der Waals surface area contributed by atoms with Gasteiger partial charge in [0.05, 0.1) is 0 Å². The summed E-state index contributed by atoms with van der Waals surface area (Å²) in [4.78, 5) is 27.6. The van der Waals surface area contributed by atoms with E-state index in [2.05, 4.69) is 29.4 Å². The third kappa shape index (κ3) is 6.98. The van der Waals surface area contributed by atoms with Crippen LogP contribution in [-0.4, -0.2) is 42.4 Å². The fourth-order valence-electron chi connectivity index (χ4n) is 3.49. The van der Waals surface area contributed by atoms with Crippen molar-refractivity contribution in [3.05, 3.63) is 35.9 Å². The molecule has 5 nitrogen and oxygen atoms in total. The maximum atomic E-state index is 12.9. The highest BCUT2D eigenvalue weighted by atomic mass is 16.2. The summed E-state index contributed by atoms with van der Waals surface area (Å²) in [5, 5.41) is 5.96. The summed E-state index contributed by atoms with van der Waals surface area (Å²) in [6.07, 6.45) is 2.85. The highest BCUT2D eigenvalue weighted by molar-refractivity contribution is 5.88. The van der Waals surface area contributed by atoms with E-state index in [1.54, 1.807) is 0 Å². The molecule has 0 bridgehead atoms. The van der Waals surface area contributed by atoms with Gasteiger partial charge in [-0.3, -0.25) is 14.5 Å². The molecule has 2 unspecified atom stereocenters. The Hall–Kier alpha value is -1.88. The normalized spacial score (nSPS) is 18.1. The van der Waals surface area contributed by atoms with E-state index in [-0.39, 0.29) is 17.7 Å². The second-order valence-corrected chi connectivity index (χ2v) is 8.32. The molecule has 0 radical (unpaired) electrons. The van der Waals surface area contributed by atoms with E-state index in [1.165, 1.54) is 12.8 Å². The van der Waals surface area contributed by atoms with Crippen molar-refractivity contribution in [3.8, 4) is 0 Å². The van der Waals surface area contributed by atoms with Gasteiger partial charge in [0, 0.05) is 19.0 Å². The van der Waals surface area contributed by atoms with Gasteiger partial charge in [-0.2, -0.15) is 0 Å². The van der Waals surface area contributed by atoms with Crippen LogP contribution in [0.5, 0.6) is 0 Å². The average Bonchev–Trinajstić information content (AvgIpc) is 2.64.